The van der Waals surface area contributed by atoms with Crippen molar-refractivity contribution in [1.82, 2.24) is 0 Å². The Morgan fingerprint density at radius 1 is 1.24 bits per heavy atom. The maximum Gasteiger partial charge on any atom is 0.262 e. The lowest BCUT2D eigenvalue weighted by Gasteiger charge is -2.09. The maximum atomic E-state index is 13.0. The number of rotatable bonds is 5. The van der Waals surface area contributed by atoms with Gasteiger partial charge in [0.25, 0.3) is 5.91 Å². The van der Waals surface area contributed by atoms with E-state index in [0.29, 0.717) is 17.2 Å². The summed E-state index contributed by atoms with van der Waals surface area (Å²) in [6.45, 7) is -0.178. The third-order valence-electron chi connectivity index (χ3n) is 2.61. The molecule has 0 aliphatic carbocycles. The standard InChI is InChI=1S/C15H13ClFNO3/c1-20-11-3-2-4-12(8-11)21-9-15(19)18-10-5-6-14(17)13(16)7-10/h2-8H,9H2,1H3,(H,18,19). The number of carbonyl (C=O) groups excluding carboxylic acids is 1. The minimum Gasteiger partial charge on any atom is -0.497 e. The van der Waals surface area contributed by atoms with Gasteiger partial charge in [0.15, 0.2) is 6.61 Å². The Kier molecular flexibility index (Phi) is 5.00. The first-order valence-corrected chi connectivity index (χ1v) is 6.48. The molecular weight excluding hydrogens is 297 g/mol. The highest BCUT2D eigenvalue weighted by molar-refractivity contribution is 6.31. The second-order valence-electron chi connectivity index (χ2n) is 4.14. The first-order chi connectivity index (χ1) is 10.1. The second-order valence-corrected chi connectivity index (χ2v) is 4.55. The zero-order valence-electron chi connectivity index (χ0n) is 11.2. The molecule has 0 saturated heterocycles. The third-order valence-corrected chi connectivity index (χ3v) is 2.90. The van der Waals surface area contributed by atoms with Gasteiger partial charge in [0, 0.05) is 11.8 Å². The Morgan fingerprint density at radius 2 is 2.00 bits per heavy atom. The number of hydrogen-bond donors (Lipinski definition) is 1. The Labute approximate surface area is 126 Å². The zero-order chi connectivity index (χ0) is 15.2. The molecule has 0 aromatic heterocycles. The molecule has 0 spiro atoms. The minimum absolute atomic E-state index is 0.0542. The van der Waals surface area contributed by atoms with E-state index in [-0.39, 0.29) is 17.5 Å². The summed E-state index contributed by atoms with van der Waals surface area (Å²) in [7, 11) is 1.55. The summed E-state index contributed by atoms with van der Waals surface area (Å²) in [6.07, 6.45) is 0. The van der Waals surface area contributed by atoms with E-state index in [2.05, 4.69) is 5.32 Å². The average molecular weight is 310 g/mol. The average Bonchev–Trinajstić information content (AvgIpc) is 2.49. The molecule has 2 aromatic rings. The summed E-state index contributed by atoms with van der Waals surface area (Å²) in [5.41, 5.74) is 0.403. The molecule has 2 rings (SSSR count). The second kappa shape index (κ2) is 6.95. The first kappa shape index (κ1) is 15.1. The zero-order valence-corrected chi connectivity index (χ0v) is 12.0. The molecule has 0 fully saturated rings. The first-order valence-electron chi connectivity index (χ1n) is 6.10. The fourth-order valence-corrected chi connectivity index (χ4v) is 1.79. The minimum atomic E-state index is -0.540. The van der Waals surface area contributed by atoms with Gasteiger partial charge in [-0.2, -0.15) is 0 Å². The monoisotopic (exact) mass is 309 g/mol. The molecule has 0 aliphatic rings. The van der Waals surface area contributed by atoms with Crippen LogP contribution >= 0.6 is 11.6 Å². The predicted octanol–water partition coefficient (Wildman–Crippen LogP) is 3.51. The van der Waals surface area contributed by atoms with Gasteiger partial charge in [-0.1, -0.05) is 17.7 Å². The van der Waals surface area contributed by atoms with Crippen LogP contribution in [0, 0.1) is 5.82 Å². The topological polar surface area (TPSA) is 47.6 Å². The van der Waals surface area contributed by atoms with Crippen molar-refractivity contribution in [3.63, 3.8) is 0 Å². The molecule has 110 valence electrons. The van der Waals surface area contributed by atoms with E-state index in [1.165, 1.54) is 18.2 Å². The lowest BCUT2D eigenvalue weighted by Crippen LogP contribution is -2.20. The van der Waals surface area contributed by atoms with Crippen molar-refractivity contribution in [3.05, 3.63) is 53.3 Å². The molecule has 1 amide bonds. The normalized spacial score (nSPS) is 10.0. The largest absolute Gasteiger partial charge is 0.497 e. The number of ether oxygens (including phenoxy) is 2. The molecule has 0 bridgehead atoms. The van der Waals surface area contributed by atoms with Crippen LogP contribution in [-0.2, 0) is 4.79 Å². The van der Waals surface area contributed by atoms with Gasteiger partial charge < -0.3 is 14.8 Å². The Morgan fingerprint density at radius 3 is 2.71 bits per heavy atom. The number of hydrogen-bond acceptors (Lipinski definition) is 3. The van der Waals surface area contributed by atoms with Crippen molar-refractivity contribution >= 4 is 23.2 Å². The van der Waals surface area contributed by atoms with E-state index in [9.17, 15) is 9.18 Å². The van der Waals surface area contributed by atoms with Gasteiger partial charge >= 0.3 is 0 Å². The van der Waals surface area contributed by atoms with E-state index in [1.807, 2.05) is 0 Å². The van der Waals surface area contributed by atoms with E-state index >= 15 is 0 Å². The Balaban J connectivity index is 1.91. The fourth-order valence-electron chi connectivity index (χ4n) is 1.61. The molecule has 2 aromatic carbocycles. The van der Waals surface area contributed by atoms with Crippen molar-refractivity contribution < 1.29 is 18.7 Å². The summed E-state index contributed by atoms with van der Waals surface area (Å²) < 4.78 is 23.4. The van der Waals surface area contributed by atoms with Gasteiger partial charge in [0.1, 0.15) is 17.3 Å². The van der Waals surface area contributed by atoms with Crippen LogP contribution in [0.4, 0.5) is 10.1 Å². The molecular formula is C15H13ClFNO3. The molecule has 6 heteroatoms. The Bertz CT molecular complexity index is 649. The number of amides is 1. The Hall–Kier alpha value is -2.27. The molecule has 0 radical (unpaired) electrons. The summed E-state index contributed by atoms with van der Waals surface area (Å²) in [5, 5.41) is 2.51. The van der Waals surface area contributed by atoms with Crippen molar-refractivity contribution in [2.75, 3.05) is 19.0 Å². The number of nitrogens with one attached hydrogen (secondary N) is 1. The highest BCUT2D eigenvalue weighted by atomic mass is 35.5. The van der Waals surface area contributed by atoms with Crippen LogP contribution in [0.1, 0.15) is 0 Å². The third kappa shape index (κ3) is 4.36. The molecule has 1 N–H and O–H groups in total. The van der Waals surface area contributed by atoms with Crippen LogP contribution in [0.25, 0.3) is 0 Å². The molecule has 0 unspecified atom stereocenters. The van der Waals surface area contributed by atoms with Crippen LogP contribution in [0.2, 0.25) is 5.02 Å². The van der Waals surface area contributed by atoms with Gasteiger partial charge in [0.2, 0.25) is 0 Å². The quantitative estimate of drug-likeness (QED) is 0.919. The van der Waals surface area contributed by atoms with Crippen LogP contribution in [0.5, 0.6) is 11.5 Å². The SMILES string of the molecule is COc1cccc(OCC(=O)Nc2ccc(F)c(Cl)c2)c1. The van der Waals surface area contributed by atoms with E-state index in [1.54, 1.807) is 31.4 Å². The summed E-state index contributed by atoms with van der Waals surface area (Å²) in [5.74, 6) is 0.239. The summed E-state index contributed by atoms with van der Waals surface area (Å²) >= 11 is 5.63. The van der Waals surface area contributed by atoms with Crippen LogP contribution in [-0.4, -0.2) is 19.6 Å². The molecule has 4 nitrogen and oxygen atoms in total. The molecule has 0 saturated carbocycles. The number of anilines is 1. The number of methoxy groups -OCH3 is 1. The van der Waals surface area contributed by atoms with Gasteiger partial charge in [-0.3, -0.25) is 4.79 Å². The van der Waals surface area contributed by atoms with E-state index < -0.39 is 5.82 Å². The number of benzene rings is 2. The van der Waals surface area contributed by atoms with Crippen LogP contribution in [0.3, 0.4) is 0 Å². The van der Waals surface area contributed by atoms with Crippen molar-refractivity contribution in [2.24, 2.45) is 0 Å². The predicted molar refractivity (Wildman–Crippen MR) is 78.5 cm³/mol. The van der Waals surface area contributed by atoms with Crippen LogP contribution in [0.15, 0.2) is 42.5 Å². The van der Waals surface area contributed by atoms with Crippen molar-refractivity contribution in [2.45, 2.75) is 0 Å². The summed E-state index contributed by atoms with van der Waals surface area (Å²) in [6, 6.07) is 10.8. The molecule has 0 atom stereocenters. The van der Waals surface area contributed by atoms with E-state index in [4.69, 9.17) is 21.1 Å². The van der Waals surface area contributed by atoms with Crippen molar-refractivity contribution in [1.29, 1.82) is 0 Å². The van der Waals surface area contributed by atoms with Gasteiger partial charge in [-0.05, 0) is 30.3 Å². The lowest BCUT2D eigenvalue weighted by molar-refractivity contribution is -0.118. The molecule has 0 aliphatic heterocycles. The van der Waals surface area contributed by atoms with Crippen LogP contribution < -0.4 is 14.8 Å². The smallest absolute Gasteiger partial charge is 0.262 e. The fraction of sp³-hybridized carbons (Fsp3) is 0.133. The summed E-state index contributed by atoms with van der Waals surface area (Å²) in [4.78, 5) is 11.7. The highest BCUT2D eigenvalue weighted by Crippen LogP contribution is 2.20. The van der Waals surface area contributed by atoms with Gasteiger partial charge in [0.05, 0.1) is 12.1 Å². The molecule has 0 heterocycles. The molecule has 21 heavy (non-hydrogen) atoms. The number of carbonyl (C=O) groups is 1. The highest BCUT2D eigenvalue weighted by Gasteiger charge is 2.06. The number of halogens is 2. The van der Waals surface area contributed by atoms with Crippen molar-refractivity contribution in [3.8, 4) is 11.5 Å². The lowest BCUT2D eigenvalue weighted by atomic mass is 10.3. The maximum absolute atomic E-state index is 13.0. The van der Waals surface area contributed by atoms with E-state index in [0.717, 1.165) is 0 Å². The van der Waals surface area contributed by atoms with Gasteiger partial charge in [-0.15, -0.1) is 0 Å². The van der Waals surface area contributed by atoms with Gasteiger partial charge in [-0.25, -0.2) is 4.39 Å².